The lowest BCUT2D eigenvalue weighted by molar-refractivity contribution is 0.0907. The Hall–Kier alpha value is -1.49. The second kappa shape index (κ2) is 6.10. The van der Waals surface area contributed by atoms with Crippen LogP contribution in [0.4, 0.5) is 0 Å². The van der Waals surface area contributed by atoms with Crippen LogP contribution in [0, 0.1) is 0 Å². The van der Waals surface area contributed by atoms with Gasteiger partial charge < -0.3 is 14.8 Å². The summed E-state index contributed by atoms with van der Waals surface area (Å²) < 4.78 is 5.14. The highest BCUT2D eigenvalue weighted by Crippen LogP contribution is 2.20. The number of carbonyl (C=O) groups excluding carboxylic acids is 1. The minimum absolute atomic E-state index is 0.270. The number of aliphatic hydroxyl groups is 1. The molecular formula is C13H11Cl2NO3. The van der Waals surface area contributed by atoms with Crippen molar-refractivity contribution in [2.24, 2.45) is 0 Å². The Labute approximate surface area is 119 Å². The van der Waals surface area contributed by atoms with Crippen molar-refractivity contribution in [3.8, 4) is 0 Å². The van der Waals surface area contributed by atoms with Crippen molar-refractivity contribution < 1.29 is 14.3 Å². The van der Waals surface area contributed by atoms with Crippen molar-refractivity contribution in [1.29, 1.82) is 0 Å². The molecule has 0 aliphatic heterocycles. The van der Waals surface area contributed by atoms with E-state index in [4.69, 9.17) is 27.6 Å². The summed E-state index contributed by atoms with van der Waals surface area (Å²) in [6, 6.07) is 7.28. The van der Waals surface area contributed by atoms with Crippen molar-refractivity contribution in [2.75, 3.05) is 6.61 Å². The Morgan fingerprint density at radius 3 is 2.53 bits per heavy atom. The van der Waals surface area contributed by atoms with Crippen LogP contribution in [0.1, 0.15) is 22.2 Å². The lowest BCUT2D eigenvalue weighted by Crippen LogP contribution is -2.30. The quantitative estimate of drug-likeness (QED) is 0.912. The minimum atomic E-state index is -0.611. The highest BCUT2D eigenvalue weighted by atomic mass is 35.5. The second-order valence-electron chi connectivity index (χ2n) is 3.88. The average Bonchev–Trinajstić information content (AvgIpc) is 2.88. The summed E-state index contributed by atoms with van der Waals surface area (Å²) in [6.45, 7) is -0.270. The molecule has 2 aromatic rings. The maximum Gasteiger partial charge on any atom is 0.252 e. The van der Waals surface area contributed by atoms with Crippen molar-refractivity contribution in [3.05, 3.63) is 58.0 Å². The van der Waals surface area contributed by atoms with Gasteiger partial charge in [-0.15, -0.1) is 0 Å². The SMILES string of the molecule is O=C(NC(CO)c1ccco1)c1cc(Cl)cc(Cl)c1. The summed E-state index contributed by atoms with van der Waals surface area (Å²) in [6.07, 6.45) is 1.47. The fourth-order valence-corrected chi connectivity index (χ4v) is 2.15. The molecule has 1 heterocycles. The van der Waals surface area contributed by atoms with E-state index in [0.29, 0.717) is 21.4 Å². The number of rotatable bonds is 4. The molecule has 0 bridgehead atoms. The van der Waals surface area contributed by atoms with Gasteiger partial charge in [-0.2, -0.15) is 0 Å². The van der Waals surface area contributed by atoms with Crippen molar-refractivity contribution in [3.63, 3.8) is 0 Å². The number of nitrogens with one attached hydrogen (secondary N) is 1. The van der Waals surface area contributed by atoms with Crippen LogP contribution in [0.5, 0.6) is 0 Å². The van der Waals surface area contributed by atoms with E-state index < -0.39 is 6.04 Å². The molecule has 19 heavy (non-hydrogen) atoms. The zero-order valence-corrected chi connectivity index (χ0v) is 11.3. The number of hydrogen-bond donors (Lipinski definition) is 2. The topological polar surface area (TPSA) is 62.5 Å². The molecule has 1 atom stereocenters. The van der Waals surface area contributed by atoms with Crippen molar-refractivity contribution in [2.45, 2.75) is 6.04 Å². The number of hydrogen-bond acceptors (Lipinski definition) is 3. The van der Waals surface area contributed by atoms with Crippen LogP contribution in [-0.2, 0) is 0 Å². The Morgan fingerprint density at radius 1 is 1.32 bits per heavy atom. The average molecular weight is 300 g/mol. The molecule has 0 radical (unpaired) electrons. The molecule has 1 unspecified atom stereocenters. The number of amides is 1. The molecule has 0 spiro atoms. The largest absolute Gasteiger partial charge is 0.467 e. The Kier molecular flexibility index (Phi) is 4.47. The first-order valence-electron chi connectivity index (χ1n) is 5.51. The summed E-state index contributed by atoms with van der Waals surface area (Å²) in [5.74, 6) is 0.0869. The van der Waals surface area contributed by atoms with E-state index in [1.165, 1.54) is 24.5 Å². The molecule has 4 nitrogen and oxygen atoms in total. The summed E-state index contributed by atoms with van der Waals surface area (Å²) in [5.41, 5.74) is 0.322. The minimum Gasteiger partial charge on any atom is -0.467 e. The summed E-state index contributed by atoms with van der Waals surface area (Å²) in [7, 11) is 0. The van der Waals surface area contributed by atoms with Gasteiger partial charge in [-0.3, -0.25) is 4.79 Å². The molecule has 1 aromatic heterocycles. The first-order chi connectivity index (χ1) is 9.10. The van der Waals surface area contributed by atoms with Crippen LogP contribution in [0.2, 0.25) is 10.0 Å². The van der Waals surface area contributed by atoms with Gasteiger partial charge in [0.25, 0.3) is 5.91 Å². The van der Waals surface area contributed by atoms with E-state index in [2.05, 4.69) is 5.32 Å². The zero-order valence-electron chi connectivity index (χ0n) is 9.77. The number of aliphatic hydroxyl groups excluding tert-OH is 1. The number of halogens is 2. The van der Waals surface area contributed by atoms with Gasteiger partial charge in [-0.25, -0.2) is 0 Å². The molecule has 1 aromatic carbocycles. The van der Waals surface area contributed by atoms with Gasteiger partial charge in [0.05, 0.1) is 12.9 Å². The van der Waals surface area contributed by atoms with E-state index >= 15 is 0 Å². The van der Waals surface area contributed by atoms with Crippen LogP contribution in [0.25, 0.3) is 0 Å². The standard InChI is InChI=1S/C13H11Cl2NO3/c14-9-4-8(5-10(15)6-9)13(18)16-11(7-17)12-2-1-3-19-12/h1-6,11,17H,7H2,(H,16,18). The highest BCUT2D eigenvalue weighted by molar-refractivity contribution is 6.35. The van der Waals surface area contributed by atoms with Gasteiger partial charge in [0, 0.05) is 15.6 Å². The highest BCUT2D eigenvalue weighted by Gasteiger charge is 2.17. The zero-order chi connectivity index (χ0) is 13.8. The molecule has 0 aliphatic rings. The third-order valence-corrected chi connectivity index (χ3v) is 2.94. The van der Waals surface area contributed by atoms with Crippen molar-refractivity contribution in [1.82, 2.24) is 5.32 Å². The van der Waals surface area contributed by atoms with Gasteiger partial charge in [0.15, 0.2) is 0 Å². The number of benzene rings is 1. The molecule has 100 valence electrons. The lowest BCUT2D eigenvalue weighted by atomic mass is 10.1. The van der Waals surface area contributed by atoms with Gasteiger partial charge in [0.1, 0.15) is 11.8 Å². The molecule has 2 rings (SSSR count). The van der Waals surface area contributed by atoms with E-state index in [1.54, 1.807) is 12.1 Å². The Morgan fingerprint density at radius 2 is 2.00 bits per heavy atom. The third-order valence-electron chi connectivity index (χ3n) is 2.50. The summed E-state index contributed by atoms with van der Waals surface area (Å²) in [4.78, 5) is 12.0. The van der Waals surface area contributed by atoms with E-state index in [-0.39, 0.29) is 12.5 Å². The van der Waals surface area contributed by atoms with Crippen LogP contribution in [-0.4, -0.2) is 17.6 Å². The number of carbonyl (C=O) groups is 1. The molecule has 0 saturated carbocycles. The fourth-order valence-electron chi connectivity index (χ4n) is 1.62. The van der Waals surface area contributed by atoms with Gasteiger partial charge >= 0.3 is 0 Å². The number of furan rings is 1. The third kappa shape index (κ3) is 3.50. The van der Waals surface area contributed by atoms with Gasteiger partial charge in [0.2, 0.25) is 0 Å². The predicted octanol–water partition coefficient (Wildman–Crippen LogP) is 3.05. The molecule has 6 heteroatoms. The van der Waals surface area contributed by atoms with Crippen LogP contribution in [0.3, 0.4) is 0 Å². The Bertz CT molecular complexity index is 549. The van der Waals surface area contributed by atoms with E-state index in [9.17, 15) is 9.90 Å². The first-order valence-corrected chi connectivity index (χ1v) is 6.27. The monoisotopic (exact) mass is 299 g/mol. The molecular weight excluding hydrogens is 289 g/mol. The van der Waals surface area contributed by atoms with Crippen LogP contribution in [0.15, 0.2) is 41.0 Å². The normalized spacial score (nSPS) is 12.2. The van der Waals surface area contributed by atoms with Crippen LogP contribution < -0.4 is 5.32 Å². The maximum absolute atomic E-state index is 12.0. The summed E-state index contributed by atoms with van der Waals surface area (Å²) >= 11 is 11.7. The molecule has 0 aliphatic carbocycles. The molecule has 0 saturated heterocycles. The Balaban J connectivity index is 2.15. The second-order valence-corrected chi connectivity index (χ2v) is 4.76. The molecule has 2 N–H and O–H groups in total. The first kappa shape index (κ1) is 13.9. The van der Waals surface area contributed by atoms with E-state index in [0.717, 1.165) is 0 Å². The molecule has 0 fully saturated rings. The summed E-state index contributed by atoms with van der Waals surface area (Å²) in [5, 5.41) is 12.7. The van der Waals surface area contributed by atoms with Crippen LogP contribution >= 0.6 is 23.2 Å². The van der Waals surface area contributed by atoms with Gasteiger partial charge in [-0.1, -0.05) is 23.2 Å². The predicted molar refractivity (Wildman–Crippen MR) is 72.5 cm³/mol. The van der Waals surface area contributed by atoms with E-state index in [1.807, 2.05) is 0 Å². The maximum atomic E-state index is 12.0. The smallest absolute Gasteiger partial charge is 0.252 e. The van der Waals surface area contributed by atoms with Gasteiger partial charge in [-0.05, 0) is 30.3 Å². The molecule has 1 amide bonds. The fraction of sp³-hybridized carbons (Fsp3) is 0.154. The lowest BCUT2D eigenvalue weighted by Gasteiger charge is -2.14. The van der Waals surface area contributed by atoms with Crippen molar-refractivity contribution >= 4 is 29.1 Å².